The van der Waals surface area contributed by atoms with Gasteiger partial charge < -0.3 is 0 Å². The van der Waals surface area contributed by atoms with E-state index in [1.54, 1.807) is 19.1 Å². The molecule has 0 bridgehead atoms. The summed E-state index contributed by atoms with van der Waals surface area (Å²) in [5, 5.41) is 0.559. The lowest BCUT2D eigenvalue weighted by atomic mass is 9.99. The molecule has 0 radical (unpaired) electrons. The maximum Gasteiger partial charge on any atom is 0.188 e. The minimum atomic E-state index is -0.244. The normalized spacial score (nSPS) is 21.7. The van der Waals surface area contributed by atoms with Crippen LogP contribution < -0.4 is 0 Å². The van der Waals surface area contributed by atoms with Gasteiger partial charge in [-0.05, 0) is 36.5 Å². The summed E-state index contributed by atoms with van der Waals surface area (Å²) in [6.07, 6.45) is 3.45. The van der Waals surface area contributed by atoms with Gasteiger partial charge in [-0.1, -0.05) is 25.5 Å². The molecule has 0 amide bonds. The quantitative estimate of drug-likeness (QED) is 0.742. The zero-order valence-corrected chi connectivity index (χ0v) is 13.0. The number of thiazole rings is 1. The van der Waals surface area contributed by atoms with Crippen molar-refractivity contribution in [3.05, 3.63) is 40.8 Å². The third-order valence-electron chi connectivity index (χ3n) is 4.14. The second-order valence-electron chi connectivity index (χ2n) is 5.91. The van der Waals surface area contributed by atoms with Crippen LogP contribution in [0.2, 0.25) is 0 Å². The van der Waals surface area contributed by atoms with Gasteiger partial charge in [0.15, 0.2) is 10.8 Å². The van der Waals surface area contributed by atoms with E-state index in [4.69, 9.17) is 0 Å². The number of hydrogen-bond donors (Lipinski definition) is 0. The van der Waals surface area contributed by atoms with E-state index >= 15 is 0 Å². The fraction of sp³-hybridized carbons (Fsp3) is 0.412. The molecule has 3 rings (SSSR count). The molecule has 2 atom stereocenters. The SMILES string of the molecule is CC(=O)c1nc(C2CCC(C)C2)c(-c2ccc(F)cc2)s1. The highest BCUT2D eigenvalue weighted by molar-refractivity contribution is 7.17. The van der Waals surface area contributed by atoms with Crippen LogP contribution in [0, 0.1) is 11.7 Å². The molecule has 1 saturated carbocycles. The molecule has 2 aromatic rings. The van der Waals surface area contributed by atoms with Gasteiger partial charge in [0.1, 0.15) is 5.82 Å². The minimum Gasteiger partial charge on any atom is -0.292 e. The van der Waals surface area contributed by atoms with E-state index in [1.807, 2.05) is 0 Å². The summed E-state index contributed by atoms with van der Waals surface area (Å²) in [5.74, 6) is 0.884. The topological polar surface area (TPSA) is 30.0 Å². The third kappa shape index (κ3) is 2.91. The standard InChI is InChI=1S/C17H18FNOS/c1-10-3-4-13(9-10)15-16(21-17(19-15)11(2)20)12-5-7-14(18)8-6-12/h5-8,10,13H,3-4,9H2,1-2H3. The van der Waals surface area contributed by atoms with Crippen LogP contribution in [0.4, 0.5) is 4.39 Å². The molecule has 0 N–H and O–H groups in total. The van der Waals surface area contributed by atoms with Crippen LogP contribution in [0.5, 0.6) is 0 Å². The smallest absolute Gasteiger partial charge is 0.188 e. The number of benzene rings is 1. The van der Waals surface area contributed by atoms with Crippen molar-refractivity contribution in [3.8, 4) is 10.4 Å². The first-order valence-corrected chi connectivity index (χ1v) is 8.14. The number of nitrogens with zero attached hydrogens (tertiary/aromatic N) is 1. The van der Waals surface area contributed by atoms with E-state index in [9.17, 15) is 9.18 Å². The number of Topliss-reactive ketones (excluding diaryl/α,β-unsaturated/α-hetero) is 1. The number of carbonyl (C=O) groups is 1. The van der Waals surface area contributed by atoms with Gasteiger partial charge >= 0.3 is 0 Å². The Morgan fingerprint density at radius 1 is 1.29 bits per heavy atom. The monoisotopic (exact) mass is 303 g/mol. The van der Waals surface area contributed by atoms with E-state index in [2.05, 4.69) is 11.9 Å². The van der Waals surface area contributed by atoms with Crippen molar-refractivity contribution in [1.29, 1.82) is 0 Å². The summed E-state index contributed by atoms with van der Waals surface area (Å²) >= 11 is 1.43. The predicted octanol–water partition coefficient (Wildman–Crippen LogP) is 5.06. The second kappa shape index (κ2) is 5.68. The summed E-state index contributed by atoms with van der Waals surface area (Å²) in [6.45, 7) is 3.81. The number of carbonyl (C=O) groups excluding carboxylic acids is 1. The molecule has 21 heavy (non-hydrogen) atoms. The van der Waals surface area contributed by atoms with Crippen LogP contribution in [0.15, 0.2) is 24.3 Å². The Kier molecular flexibility index (Phi) is 3.89. The van der Waals surface area contributed by atoms with Crippen molar-refractivity contribution >= 4 is 17.1 Å². The van der Waals surface area contributed by atoms with Crippen molar-refractivity contribution < 1.29 is 9.18 Å². The van der Waals surface area contributed by atoms with Crippen LogP contribution in [-0.4, -0.2) is 10.8 Å². The van der Waals surface area contributed by atoms with E-state index in [1.165, 1.54) is 29.9 Å². The van der Waals surface area contributed by atoms with Crippen molar-refractivity contribution in [3.63, 3.8) is 0 Å². The summed E-state index contributed by atoms with van der Waals surface area (Å²) in [4.78, 5) is 17.3. The third-order valence-corrected chi connectivity index (χ3v) is 5.36. The van der Waals surface area contributed by atoms with Crippen LogP contribution in [0.3, 0.4) is 0 Å². The van der Waals surface area contributed by atoms with Crippen LogP contribution in [0.1, 0.15) is 54.5 Å². The molecule has 0 spiro atoms. The molecule has 2 nitrogen and oxygen atoms in total. The van der Waals surface area contributed by atoms with Crippen molar-refractivity contribution in [2.45, 2.75) is 39.0 Å². The van der Waals surface area contributed by atoms with Crippen LogP contribution in [-0.2, 0) is 0 Å². The Hall–Kier alpha value is -1.55. The van der Waals surface area contributed by atoms with Crippen LogP contribution >= 0.6 is 11.3 Å². The highest BCUT2D eigenvalue weighted by atomic mass is 32.1. The molecule has 1 heterocycles. The molecule has 1 aromatic carbocycles. The number of rotatable bonds is 3. The van der Waals surface area contributed by atoms with E-state index < -0.39 is 0 Å². The number of halogens is 1. The molecule has 4 heteroatoms. The van der Waals surface area contributed by atoms with Gasteiger partial charge in [0.05, 0.1) is 10.6 Å². The molecule has 0 saturated heterocycles. The summed E-state index contributed by atoms with van der Waals surface area (Å²) in [7, 11) is 0. The van der Waals surface area contributed by atoms with Gasteiger partial charge in [-0.2, -0.15) is 0 Å². The van der Waals surface area contributed by atoms with Gasteiger partial charge in [-0.25, -0.2) is 9.37 Å². The molecular formula is C17H18FNOS. The lowest BCUT2D eigenvalue weighted by Gasteiger charge is -2.09. The average Bonchev–Trinajstić information content (AvgIpc) is 3.05. The van der Waals surface area contributed by atoms with Crippen LogP contribution in [0.25, 0.3) is 10.4 Å². The predicted molar refractivity (Wildman–Crippen MR) is 83.3 cm³/mol. The lowest BCUT2D eigenvalue weighted by Crippen LogP contribution is -1.98. The van der Waals surface area contributed by atoms with Crippen molar-refractivity contribution in [2.24, 2.45) is 5.92 Å². The average molecular weight is 303 g/mol. The zero-order chi connectivity index (χ0) is 15.0. The molecule has 1 aliphatic carbocycles. The largest absolute Gasteiger partial charge is 0.292 e. The number of aromatic nitrogens is 1. The molecule has 1 aliphatic rings. The second-order valence-corrected chi connectivity index (χ2v) is 6.91. The molecule has 0 aliphatic heterocycles. The first kappa shape index (κ1) is 14.4. The van der Waals surface area contributed by atoms with Crippen molar-refractivity contribution in [2.75, 3.05) is 0 Å². The number of hydrogen-bond acceptors (Lipinski definition) is 3. The van der Waals surface area contributed by atoms with Crippen molar-refractivity contribution in [1.82, 2.24) is 4.98 Å². The highest BCUT2D eigenvalue weighted by Crippen LogP contribution is 2.43. The Balaban J connectivity index is 2.05. The first-order valence-electron chi connectivity index (χ1n) is 7.32. The van der Waals surface area contributed by atoms with Gasteiger partial charge in [0.2, 0.25) is 0 Å². The maximum atomic E-state index is 13.1. The van der Waals surface area contributed by atoms with Gasteiger partial charge in [-0.3, -0.25) is 4.79 Å². The van der Waals surface area contributed by atoms with E-state index in [0.29, 0.717) is 16.8 Å². The fourth-order valence-corrected chi connectivity index (χ4v) is 4.07. The van der Waals surface area contributed by atoms with E-state index in [0.717, 1.165) is 29.0 Å². The van der Waals surface area contributed by atoms with Gasteiger partial charge in [0.25, 0.3) is 0 Å². The lowest BCUT2D eigenvalue weighted by molar-refractivity contribution is 0.101. The summed E-state index contributed by atoms with van der Waals surface area (Å²) in [5.41, 5.74) is 1.98. The van der Waals surface area contributed by atoms with Gasteiger partial charge in [-0.15, -0.1) is 11.3 Å². The molecule has 2 unspecified atom stereocenters. The van der Waals surface area contributed by atoms with Gasteiger partial charge in [0, 0.05) is 12.8 Å². The molecular weight excluding hydrogens is 285 g/mol. The Labute approximate surface area is 128 Å². The Morgan fingerprint density at radius 3 is 2.57 bits per heavy atom. The fourth-order valence-electron chi connectivity index (χ4n) is 3.02. The Morgan fingerprint density at radius 2 is 2.00 bits per heavy atom. The molecule has 1 aromatic heterocycles. The minimum absolute atomic E-state index is 0.000608. The number of ketones is 1. The molecule has 1 fully saturated rings. The summed E-state index contributed by atoms with van der Waals surface area (Å²) in [6, 6.07) is 6.47. The first-order chi connectivity index (χ1) is 10.0. The zero-order valence-electron chi connectivity index (χ0n) is 12.2. The highest BCUT2D eigenvalue weighted by Gasteiger charge is 2.28. The molecule has 110 valence electrons. The Bertz CT molecular complexity index is 662. The maximum absolute atomic E-state index is 13.1. The summed E-state index contributed by atoms with van der Waals surface area (Å²) < 4.78 is 13.1. The van der Waals surface area contributed by atoms with E-state index in [-0.39, 0.29) is 11.6 Å².